The van der Waals surface area contributed by atoms with Crippen LogP contribution >= 0.6 is 0 Å². The van der Waals surface area contributed by atoms with Crippen LogP contribution in [0.2, 0.25) is 0 Å². The third-order valence-corrected chi connectivity index (χ3v) is 3.80. The van der Waals surface area contributed by atoms with Crippen LogP contribution in [0.4, 0.5) is 0 Å². The number of nitrogens with one attached hydrogen (secondary N) is 4. The molecule has 0 saturated carbocycles. The van der Waals surface area contributed by atoms with Crippen LogP contribution in [-0.4, -0.2) is 51.2 Å². The van der Waals surface area contributed by atoms with E-state index in [-0.39, 0.29) is 11.6 Å². The SMILES string of the molecule is CCNCCNC(=O)CNCCCCCCCNC(C)CC.[HH].[HH].[HH].[HH]. The topological polar surface area (TPSA) is 65.2 Å². The molecule has 22 heavy (non-hydrogen) atoms. The van der Waals surface area contributed by atoms with E-state index in [0.717, 1.165) is 32.6 Å². The molecule has 0 heterocycles. The lowest BCUT2D eigenvalue weighted by Crippen LogP contribution is -2.37. The Hall–Kier alpha value is -0.650. The molecule has 5 heteroatoms. The molecule has 0 spiro atoms. The van der Waals surface area contributed by atoms with Gasteiger partial charge in [0, 0.05) is 24.8 Å². The Labute approximate surface area is 143 Å². The summed E-state index contributed by atoms with van der Waals surface area (Å²) in [6.45, 7) is 11.5. The molecule has 5 nitrogen and oxygen atoms in total. The Balaban J connectivity index is -0.000000367. The molecule has 0 bridgehead atoms. The summed E-state index contributed by atoms with van der Waals surface area (Å²) in [6.07, 6.45) is 7.47. The van der Waals surface area contributed by atoms with Crippen molar-refractivity contribution in [2.24, 2.45) is 0 Å². The molecule has 0 aliphatic rings. The number of likely N-dealkylation sites (N-methyl/N-ethyl adjacent to an activating group) is 1. The molecular formula is C17H46N4O. The van der Waals surface area contributed by atoms with Gasteiger partial charge in [-0.2, -0.15) is 0 Å². The van der Waals surface area contributed by atoms with Crippen LogP contribution in [0.15, 0.2) is 0 Å². The van der Waals surface area contributed by atoms with Crippen molar-refractivity contribution in [3.63, 3.8) is 0 Å². The standard InChI is InChI=1S/C17H38N4O.4H2/c1-4-16(3)20-12-10-8-6-7-9-11-19-15-17(22)21-14-13-18-5-2;;;;/h16,18-20H,4-15H2,1-3H3,(H,21,22);4*1H. The highest BCUT2D eigenvalue weighted by Crippen LogP contribution is 2.02. The minimum atomic E-state index is 0. The fraction of sp³-hybridized carbons (Fsp3) is 0.941. The molecule has 140 valence electrons. The molecule has 0 rings (SSSR count). The minimum Gasteiger partial charge on any atom is -0.354 e. The van der Waals surface area contributed by atoms with Crippen molar-refractivity contribution < 1.29 is 10.5 Å². The predicted molar refractivity (Wildman–Crippen MR) is 104 cm³/mol. The summed E-state index contributed by atoms with van der Waals surface area (Å²) in [5, 5.41) is 12.8. The van der Waals surface area contributed by atoms with E-state index < -0.39 is 0 Å². The molecule has 1 amide bonds. The summed E-state index contributed by atoms with van der Waals surface area (Å²) in [7, 11) is 0. The quantitative estimate of drug-likeness (QED) is 0.330. The molecule has 1 atom stereocenters. The van der Waals surface area contributed by atoms with Crippen molar-refractivity contribution in [3.05, 3.63) is 0 Å². The first kappa shape index (κ1) is 21.4. The van der Waals surface area contributed by atoms with E-state index in [1.807, 2.05) is 0 Å². The van der Waals surface area contributed by atoms with E-state index in [2.05, 4.69) is 42.0 Å². The van der Waals surface area contributed by atoms with Gasteiger partial charge in [0.15, 0.2) is 0 Å². The summed E-state index contributed by atoms with van der Waals surface area (Å²) < 4.78 is 0. The summed E-state index contributed by atoms with van der Waals surface area (Å²) in [5.41, 5.74) is 0. The highest BCUT2D eigenvalue weighted by atomic mass is 16.1. The summed E-state index contributed by atoms with van der Waals surface area (Å²) in [5.74, 6) is 0.0917. The first-order valence-electron chi connectivity index (χ1n) is 9.12. The number of rotatable bonds is 16. The van der Waals surface area contributed by atoms with Gasteiger partial charge in [0.25, 0.3) is 0 Å². The molecule has 0 saturated heterocycles. The third-order valence-electron chi connectivity index (χ3n) is 3.80. The number of amides is 1. The van der Waals surface area contributed by atoms with Crippen molar-refractivity contribution in [1.29, 1.82) is 0 Å². The maximum absolute atomic E-state index is 11.5. The van der Waals surface area contributed by atoms with Crippen LogP contribution < -0.4 is 21.3 Å². The van der Waals surface area contributed by atoms with Gasteiger partial charge < -0.3 is 21.3 Å². The fourth-order valence-electron chi connectivity index (χ4n) is 2.13. The lowest BCUT2D eigenvalue weighted by molar-refractivity contribution is -0.120. The normalized spacial score (nSPS) is 12.3. The van der Waals surface area contributed by atoms with Gasteiger partial charge in [-0.15, -0.1) is 0 Å². The number of carbonyl (C=O) groups excluding carboxylic acids is 1. The molecule has 1 unspecified atom stereocenters. The smallest absolute Gasteiger partial charge is 0.234 e. The number of hydrogen-bond acceptors (Lipinski definition) is 4. The van der Waals surface area contributed by atoms with Crippen molar-refractivity contribution in [3.8, 4) is 0 Å². The van der Waals surface area contributed by atoms with Gasteiger partial charge in [-0.3, -0.25) is 4.79 Å². The zero-order chi connectivity index (χ0) is 16.5. The van der Waals surface area contributed by atoms with Crippen molar-refractivity contribution in [2.45, 2.75) is 65.3 Å². The summed E-state index contributed by atoms with van der Waals surface area (Å²) >= 11 is 0. The lowest BCUT2D eigenvalue weighted by Gasteiger charge is -2.10. The van der Waals surface area contributed by atoms with Gasteiger partial charge in [-0.25, -0.2) is 0 Å². The van der Waals surface area contributed by atoms with Crippen molar-refractivity contribution >= 4 is 5.91 Å². The van der Waals surface area contributed by atoms with Crippen LogP contribution in [0.1, 0.15) is 65.0 Å². The molecular weight excluding hydrogens is 276 g/mol. The van der Waals surface area contributed by atoms with Crippen LogP contribution in [0.3, 0.4) is 0 Å². The Morgan fingerprint density at radius 3 is 2.27 bits per heavy atom. The largest absolute Gasteiger partial charge is 0.354 e. The minimum absolute atomic E-state index is 0. The highest BCUT2D eigenvalue weighted by molar-refractivity contribution is 5.77. The van der Waals surface area contributed by atoms with Gasteiger partial charge in [-0.1, -0.05) is 33.1 Å². The molecule has 0 aliphatic carbocycles. The van der Waals surface area contributed by atoms with Crippen LogP contribution in [0.5, 0.6) is 0 Å². The molecule has 0 aliphatic heterocycles. The molecule has 0 fully saturated rings. The Kier molecular flexibility index (Phi) is 16.2. The number of carbonyl (C=O) groups is 1. The second-order valence-corrected chi connectivity index (χ2v) is 5.91. The van der Waals surface area contributed by atoms with E-state index in [1.54, 1.807) is 0 Å². The summed E-state index contributed by atoms with van der Waals surface area (Å²) in [6, 6.07) is 0.646. The average Bonchev–Trinajstić information content (AvgIpc) is 2.53. The highest BCUT2D eigenvalue weighted by Gasteiger charge is 1.99. The van der Waals surface area contributed by atoms with Crippen LogP contribution in [0, 0.1) is 0 Å². The van der Waals surface area contributed by atoms with Crippen LogP contribution in [-0.2, 0) is 4.79 Å². The molecule has 0 aromatic carbocycles. The third kappa shape index (κ3) is 15.7. The van der Waals surface area contributed by atoms with Gasteiger partial charge >= 0.3 is 0 Å². The summed E-state index contributed by atoms with van der Waals surface area (Å²) in [4.78, 5) is 11.5. The van der Waals surface area contributed by atoms with Gasteiger partial charge in [0.05, 0.1) is 6.54 Å². The van der Waals surface area contributed by atoms with E-state index in [9.17, 15) is 4.79 Å². The Morgan fingerprint density at radius 1 is 0.909 bits per heavy atom. The molecule has 0 aromatic heterocycles. The number of hydrogen-bond donors (Lipinski definition) is 4. The van der Waals surface area contributed by atoms with Gasteiger partial charge in [0.2, 0.25) is 5.91 Å². The molecule has 0 aromatic rings. The van der Waals surface area contributed by atoms with Crippen LogP contribution in [0.25, 0.3) is 0 Å². The second-order valence-electron chi connectivity index (χ2n) is 5.91. The lowest BCUT2D eigenvalue weighted by atomic mass is 10.1. The first-order valence-corrected chi connectivity index (χ1v) is 9.12. The van der Waals surface area contributed by atoms with E-state index in [1.165, 1.54) is 32.1 Å². The molecule has 4 N–H and O–H groups in total. The monoisotopic (exact) mass is 322 g/mol. The van der Waals surface area contributed by atoms with Crippen molar-refractivity contribution in [1.82, 2.24) is 21.3 Å². The Bertz CT molecular complexity index is 265. The zero-order valence-corrected chi connectivity index (χ0v) is 15.0. The maximum atomic E-state index is 11.5. The van der Waals surface area contributed by atoms with Gasteiger partial charge in [-0.05, 0) is 45.8 Å². The van der Waals surface area contributed by atoms with E-state index in [4.69, 9.17) is 0 Å². The predicted octanol–water partition coefficient (Wildman–Crippen LogP) is 2.62. The van der Waals surface area contributed by atoms with Crippen molar-refractivity contribution in [2.75, 3.05) is 39.3 Å². The zero-order valence-electron chi connectivity index (χ0n) is 15.0. The number of unbranched alkanes of at least 4 members (excludes halogenated alkanes) is 4. The Morgan fingerprint density at radius 2 is 1.59 bits per heavy atom. The van der Waals surface area contributed by atoms with E-state index in [0.29, 0.717) is 19.1 Å². The fourth-order valence-corrected chi connectivity index (χ4v) is 2.13. The second kappa shape index (κ2) is 16.7. The molecule has 0 radical (unpaired) electrons. The maximum Gasteiger partial charge on any atom is 0.234 e. The van der Waals surface area contributed by atoms with Gasteiger partial charge in [0.1, 0.15) is 0 Å². The first-order chi connectivity index (χ1) is 10.7. The average molecular weight is 323 g/mol. The van der Waals surface area contributed by atoms with E-state index >= 15 is 0 Å².